The molecule has 0 fully saturated rings. The van der Waals surface area contributed by atoms with Crippen LogP contribution in [0.2, 0.25) is 0 Å². The number of amides is 1. The molecule has 0 saturated carbocycles. The van der Waals surface area contributed by atoms with Crippen molar-refractivity contribution in [3.63, 3.8) is 0 Å². The van der Waals surface area contributed by atoms with E-state index in [0.717, 1.165) is 11.4 Å². The van der Waals surface area contributed by atoms with Gasteiger partial charge in [-0.15, -0.1) is 0 Å². The van der Waals surface area contributed by atoms with Crippen LogP contribution in [0.15, 0.2) is 6.07 Å². The summed E-state index contributed by atoms with van der Waals surface area (Å²) in [6, 6.07) is 1.84. The molecule has 21 heavy (non-hydrogen) atoms. The van der Waals surface area contributed by atoms with Crippen molar-refractivity contribution in [2.45, 2.75) is 65.5 Å². The van der Waals surface area contributed by atoms with Crippen LogP contribution in [-0.4, -0.2) is 32.3 Å². The zero-order valence-electron chi connectivity index (χ0n) is 13.4. The molecule has 0 spiro atoms. The molecule has 0 bridgehead atoms. The van der Waals surface area contributed by atoms with E-state index in [-0.39, 0.29) is 18.4 Å². The van der Waals surface area contributed by atoms with Gasteiger partial charge < -0.3 is 10.4 Å². The first kappa shape index (κ1) is 17.2. The zero-order valence-corrected chi connectivity index (χ0v) is 13.4. The standard InChI is InChI=1S/C15H25N3O3/c1-6-7-15(5,14(20)21)16-13(19)9-12(4)18-11(3)8-10(2)17-18/h8,12H,6-7,9H2,1-5H3,(H,16,19)(H,20,21). The second-order valence-corrected chi connectivity index (χ2v) is 5.86. The molecule has 2 N–H and O–H groups in total. The minimum atomic E-state index is -1.21. The molecule has 0 aliphatic carbocycles. The average Bonchev–Trinajstić information content (AvgIpc) is 2.68. The monoisotopic (exact) mass is 295 g/mol. The lowest BCUT2D eigenvalue weighted by atomic mass is 9.96. The van der Waals surface area contributed by atoms with Crippen LogP contribution in [0.5, 0.6) is 0 Å². The van der Waals surface area contributed by atoms with Crippen LogP contribution in [0.4, 0.5) is 0 Å². The molecule has 0 aliphatic rings. The summed E-state index contributed by atoms with van der Waals surface area (Å²) in [7, 11) is 0. The highest BCUT2D eigenvalue weighted by atomic mass is 16.4. The van der Waals surface area contributed by atoms with Gasteiger partial charge in [0, 0.05) is 12.1 Å². The molecule has 1 aromatic rings. The number of nitrogens with zero attached hydrogens (tertiary/aromatic N) is 2. The van der Waals surface area contributed by atoms with Crippen LogP contribution in [0.3, 0.4) is 0 Å². The fourth-order valence-corrected chi connectivity index (χ4v) is 2.53. The summed E-state index contributed by atoms with van der Waals surface area (Å²) >= 11 is 0. The summed E-state index contributed by atoms with van der Waals surface area (Å²) in [5, 5.41) is 16.3. The highest BCUT2D eigenvalue weighted by Gasteiger charge is 2.34. The number of carboxylic acid groups (broad SMARTS) is 1. The van der Waals surface area contributed by atoms with E-state index in [0.29, 0.717) is 12.8 Å². The van der Waals surface area contributed by atoms with Gasteiger partial charge in [0.2, 0.25) is 5.91 Å². The molecule has 0 radical (unpaired) electrons. The lowest BCUT2D eigenvalue weighted by Gasteiger charge is -2.26. The van der Waals surface area contributed by atoms with Crippen molar-refractivity contribution in [2.24, 2.45) is 0 Å². The number of rotatable bonds is 7. The molecule has 0 aromatic carbocycles. The normalized spacial score (nSPS) is 15.3. The fraction of sp³-hybridized carbons (Fsp3) is 0.667. The first-order valence-corrected chi connectivity index (χ1v) is 7.26. The van der Waals surface area contributed by atoms with Gasteiger partial charge >= 0.3 is 5.97 Å². The van der Waals surface area contributed by atoms with E-state index in [4.69, 9.17) is 0 Å². The summed E-state index contributed by atoms with van der Waals surface area (Å²) < 4.78 is 1.80. The molecule has 1 rings (SSSR count). The Morgan fingerprint density at radius 1 is 1.48 bits per heavy atom. The third-order valence-electron chi connectivity index (χ3n) is 3.58. The predicted octanol–water partition coefficient (Wildman–Crippen LogP) is 2.21. The molecule has 1 aromatic heterocycles. The zero-order chi connectivity index (χ0) is 16.2. The molecule has 1 amide bonds. The highest BCUT2D eigenvalue weighted by Crippen LogP contribution is 2.17. The number of carbonyl (C=O) groups excluding carboxylic acids is 1. The van der Waals surface area contributed by atoms with Gasteiger partial charge in [0.05, 0.1) is 11.7 Å². The van der Waals surface area contributed by atoms with Crippen LogP contribution in [0.1, 0.15) is 57.5 Å². The Morgan fingerprint density at radius 3 is 2.52 bits per heavy atom. The SMILES string of the molecule is CCCC(C)(NC(=O)CC(C)n1nc(C)cc1C)C(=O)O. The van der Waals surface area contributed by atoms with Crippen molar-refractivity contribution in [2.75, 3.05) is 0 Å². The van der Waals surface area contributed by atoms with Gasteiger partial charge in [0.25, 0.3) is 0 Å². The maximum absolute atomic E-state index is 12.1. The van der Waals surface area contributed by atoms with E-state index in [2.05, 4.69) is 10.4 Å². The Morgan fingerprint density at radius 2 is 2.10 bits per heavy atom. The number of hydrogen-bond acceptors (Lipinski definition) is 3. The first-order valence-electron chi connectivity index (χ1n) is 7.26. The number of aromatic nitrogens is 2. The Hall–Kier alpha value is -1.85. The Kier molecular flexibility index (Phi) is 5.52. The van der Waals surface area contributed by atoms with E-state index < -0.39 is 11.5 Å². The van der Waals surface area contributed by atoms with Crippen LogP contribution < -0.4 is 5.32 Å². The summed E-state index contributed by atoms with van der Waals surface area (Å²) in [4.78, 5) is 23.5. The van der Waals surface area contributed by atoms with Crippen molar-refractivity contribution < 1.29 is 14.7 Å². The minimum Gasteiger partial charge on any atom is -0.480 e. The molecular weight excluding hydrogens is 270 g/mol. The van der Waals surface area contributed by atoms with Crippen molar-refractivity contribution in [3.8, 4) is 0 Å². The Balaban J connectivity index is 2.72. The van der Waals surface area contributed by atoms with Gasteiger partial charge in [-0.2, -0.15) is 5.10 Å². The van der Waals surface area contributed by atoms with Crippen molar-refractivity contribution in [1.29, 1.82) is 0 Å². The number of hydrogen-bond donors (Lipinski definition) is 2. The predicted molar refractivity (Wildman–Crippen MR) is 80.1 cm³/mol. The minimum absolute atomic E-state index is 0.113. The highest BCUT2D eigenvalue weighted by molar-refractivity contribution is 5.86. The van der Waals surface area contributed by atoms with E-state index >= 15 is 0 Å². The molecular formula is C15H25N3O3. The maximum Gasteiger partial charge on any atom is 0.329 e. The third kappa shape index (κ3) is 4.31. The van der Waals surface area contributed by atoms with Gasteiger partial charge in [-0.1, -0.05) is 13.3 Å². The third-order valence-corrected chi connectivity index (χ3v) is 3.58. The van der Waals surface area contributed by atoms with Gasteiger partial charge in [-0.3, -0.25) is 9.48 Å². The smallest absolute Gasteiger partial charge is 0.329 e. The van der Waals surface area contributed by atoms with Gasteiger partial charge in [-0.25, -0.2) is 4.79 Å². The Labute approximate surface area is 125 Å². The number of aryl methyl sites for hydroxylation is 2. The number of nitrogens with one attached hydrogen (secondary N) is 1. The number of carbonyl (C=O) groups is 2. The molecule has 1 heterocycles. The van der Waals surface area contributed by atoms with E-state index in [1.807, 2.05) is 33.8 Å². The van der Waals surface area contributed by atoms with Crippen molar-refractivity contribution in [1.82, 2.24) is 15.1 Å². The summed E-state index contributed by atoms with van der Waals surface area (Å²) in [5.74, 6) is -1.27. The van der Waals surface area contributed by atoms with Gasteiger partial charge in [-0.05, 0) is 40.2 Å². The van der Waals surface area contributed by atoms with Crippen LogP contribution >= 0.6 is 0 Å². The fourth-order valence-electron chi connectivity index (χ4n) is 2.53. The second kappa shape index (κ2) is 6.74. The second-order valence-electron chi connectivity index (χ2n) is 5.86. The average molecular weight is 295 g/mol. The van der Waals surface area contributed by atoms with E-state index in [1.54, 1.807) is 11.6 Å². The Bertz CT molecular complexity index is 524. The van der Waals surface area contributed by atoms with Crippen molar-refractivity contribution in [3.05, 3.63) is 17.5 Å². The van der Waals surface area contributed by atoms with Crippen LogP contribution in [-0.2, 0) is 9.59 Å². The lowest BCUT2D eigenvalue weighted by molar-refractivity contribution is -0.147. The summed E-state index contributed by atoms with van der Waals surface area (Å²) in [6.45, 7) is 9.18. The lowest BCUT2D eigenvalue weighted by Crippen LogP contribution is -2.52. The molecule has 6 nitrogen and oxygen atoms in total. The molecule has 2 unspecified atom stereocenters. The first-order chi connectivity index (χ1) is 9.69. The van der Waals surface area contributed by atoms with Crippen LogP contribution in [0, 0.1) is 13.8 Å². The molecule has 6 heteroatoms. The molecule has 118 valence electrons. The molecule has 0 aliphatic heterocycles. The number of aliphatic carboxylic acids is 1. The molecule has 2 atom stereocenters. The maximum atomic E-state index is 12.1. The topological polar surface area (TPSA) is 84.2 Å². The van der Waals surface area contributed by atoms with Gasteiger partial charge in [0.15, 0.2) is 0 Å². The van der Waals surface area contributed by atoms with Crippen LogP contribution in [0.25, 0.3) is 0 Å². The van der Waals surface area contributed by atoms with Crippen molar-refractivity contribution >= 4 is 11.9 Å². The summed E-state index contributed by atoms with van der Waals surface area (Å²) in [5.41, 5.74) is 0.684. The quantitative estimate of drug-likeness (QED) is 0.807. The number of carboxylic acids is 1. The summed E-state index contributed by atoms with van der Waals surface area (Å²) in [6.07, 6.45) is 1.30. The van der Waals surface area contributed by atoms with E-state index in [1.165, 1.54) is 0 Å². The van der Waals surface area contributed by atoms with Gasteiger partial charge in [0.1, 0.15) is 5.54 Å². The van der Waals surface area contributed by atoms with E-state index in [9.17, 15) is 14.7 Å². The largest absolute Gasteiger partial charge is 0.480 e. The molecule has 0 saturated heterocycles.